The molecule has 0 unspecified atom stereocenters. The molecule has 1 aromatic heterocycles. The SMILES string of the molecule is NC(=CC(=O)c1ccccn1)C1CC1. The number of nitrogens with two attached hydrogens (primary N) is 1. The van der Waals surface area contributed by atoms with E-state index in [0.717, 1.165) is 12.8 Å². The minimum absolute atomic E-state index is 0.102. The van der Waals surface area contributed by atoms with E-state index in [1.807, 2.05) is 0 Å². The van der Waals surface area contributed by atoms with Gasteiger partial charge < -0.3 is 5.73 Å². The first-order chi connectivity index (χ1) is 6.77. The number of rotatable bonds is 3. The topological polar surface area (TPSA) is 56.0 Å². The summed E-state index contributed by atoms with van der Waals surface area (Å²) >= 11 is 0. The maximum Gasteiger partial charge on any atom is 0.205 e. The van der Waals surface area contributed by atoms with Crippen molar-refractivity contribution in [1.82, 2.24) is 4.98 Å². The zero-order chi connectivity index (χ0) is 9.97. The van der Waals surface area contributed by atoms with Crippen molar-refractivity contribution in [3.8, 4) is 0 Å². The van der Waals surface area contributed by atoms with Crippen LogP contribution in [0.15, 0.2) is 36.2 Å². The molecule has 1 aliphatic carbocycles. The average molecular weight is 188 g/mol. The van der Waals surface area contributed by atoms with Crippen LogP contribution in [-0.4, -0.2) is 10.8 Å². The highest BCUT2D eigenvalue weighted by atomic mass is 16.1. The molecule has 3 nitrogen and oxygen atoms in total. The van der Waals surface area contributed by atoms with E-state index in [1.165, 1.54) is 6.08 Å². The van der Waals surface area contributed by atoms with Gasteiger partial charge in [-0.3, -0.25) is 9.78 Å². The molecule has 0 radical (unpaired) electrons. The van der Waals surface area contributed by atoms with E-state index in [-0.39, 0.29) is 5.78 Å². The van der Waals surface area contributed by atoms with Crippen LogP contribution < -0.4 is 5.73 Å². The fraction of sp³-hybridized carbons (Fsp3) is 0.273. The van der Waals surface area contributed by atoms with E-state index in [0.29, 0.717) is 17.3 Å². The number of hydrogen-bond donors (Lipinski definition) is 1. The van der Waals surface area contributed by atoms with Crippen LogP contribution in [0, 0.1) is 5.92 Å². The number of allylic oxidation sites excluding steroid dienone is 2. The summed E-state index contributed by atoms with van der Waals surface area (Å²) < 4.78 is 0. The van der Waals surface area contributed by atoms with Crippen molar-refractivity contribution >= 4 is 5.78 Å². The minimum atomic E-state index is -0.102. The summed E-state index contributed by atoms with van der Waals surface area (Å²) in [6.45, 7) is 0. The van der Waals surface area contributed by atoms with Gasteiger partial charge in [0.2, 0.25) is 5.78 Å². The number of nitrogens with zero attached hydrogens (tertiary/aromatic N) is 1. The van der Waals surface area contributed by atoms with Gasteiger partial charge in [-0.15, -0.1) is 0 Å². The standard InChI is InChI=1S/C11H12N2O/c12-9(8-4-5-8)7-11(14)10-3-1-2-6-13-10/h1-3,6-8H,4-5,12H2. The molecule has 1 fully saturated rings. The summed E-state index contributed by atoms with van der Waals surface area (Å²) in [6, 6.07) is 5.27. The quantitative estimate of drug-likeness (QED) is 0.578. The number of carbonyl (C=O) groups excluding carboxylic acids is 1. The van der Waals surface area contributed by atoms with Crippen LogP contribution in [0.4, 0.5) is 0 Å². The van der Waals surface area contributed by atoms with Gasteiger partial charge in [-0.25, -0.2) is 0 Å². The monoisotopic (exact) mass is 188 g/mol. The summed E-state index contributed by atoms with van der Waals surface area (Å²) in [5.41, 5.74) is 6.88. The molecule has 0 aromatic carbocycles. The van der Waals surface area contributed by atoms with Crippen molar-refractivity contribution in [2.45, 2.75) is 12.8 Å². The van der Waals surface area contributed by atoms with Crippen LogP contribution in [0.3, 0.4) is 0 Å². The number of carbonyl (C=O) groups is 1. The Balaban J connectivity index is 2.12. The lowest BCUT2D eigenvalue weighted by molar-refractivity contribution is 0.104. The minimum Gasteiger partial charge on any atom is -0.402 e. The van der Waals surface area contributed by atoms with E-state index in [2.05, 4.69) is 4.98 Å². The lowest BCUT2D eigenvalue weighted by atomic mass is 10.2. The van der Waals surface area contributed by atoms with Gasteiger partial charge in [-0.2, -0.15) is 0 Å². The Kier molecular flexibility index (Phi) is 2.31. The average Bonchev–Trinajstić information content (AvgIpc) is 3.02. The molecule has 1 aliphatic rings. The maximum absolute atomic E-state index is 11.6. The van der Waals surface area contributed by atoms with Crippen molar-refractivity contribution in [3.05, 3.63) is 41.9 Å². The number of aromatic nitrogens is 1. The Morgan fingerprint density at radius 1 is 1.50 bits per heavy atom. The molecule has 3 heteroatoms. The fourth-order valence-electron chi connectivity index (χ4n) is 1.27. The fourth-order valence-corrected chi connectivity index (χ4v) is 1.27. The van der Waals surface area contributed by atoms with Crippen LogP contribution in [0.2, 0.25) is 0 Å². The first kappa shape index (κ1) is 8.94. The first-order valence-electron chi connectivity index (χ1n) is 4.70. The van der Waals surface area contributed by atoms with Crippen molar-refractivity contribution in [2.75, 3.05) is 0 Å². The van der Waals surface area contributed by atoms with Crippen LogP contribution >= 0.6 is 0 Å². The molecular formula is C11H12N2O. The molecular weight excluding hydrogens is 176 g/mol. The smallest absolute Gasteiger partial charge is 0.205 e. The molecule has 1 aromatic rings. The van der Waals surface area contributed by atoms with Crippen LogP contribution in [0.25, 0.3) is 0 Å². The predicted molar refractivity (Wildman–Crippen MR) is 53.6 cm³/mol. The summed E-state index contributed by atoms with van der Waals surface area (Å²) in [4.78, 5) is 15.5. The second kappa shape index (κ2) is 3.62. The largest absolute Gasteiger partial charge is 0.402 e. The highest BCUT2D eigenvalue weighted by Crippen LogP contribution is 2.33. The van der Waals surface area contributed by atoms with E-state index in [4.69, 9.17) is 5.73 Å². The summed E-state index contributed by atoms with van der Waals surface area (Å²) in [5.74, 6) is 0.331. The predicted octanol–water partition coefficient (Wildman–Crippen LogP) is 1.52. The molecule has 0 atom stereocenters. The zero-order valence-corrected chi connectivity index (χ0v) is 7.81. The second-order valence-electron chi connectivity index (χ2n) is 3.50. The van der Waals surface area contributed by atoms with Gasteiger partial charge in [0, 0.05) is 18.0 Å². The van der Waals surface area contributed by atoms with Crippen molar-refractivity contribution in [2.24, 2.45) is 11.7 Å². The summed E-state index contributed by atoms with van der Waals surface area (Å²) in [6.07, 6.45) is 5.32. The summed E-state index contributed by atoms with van der Waals surface area (Å²) in [7, 11) is 0. The van der Waals surface area contributed by atoms with Crippen LogP contribution in [-0.2, 0) is 0 Å². The Hall–Kier alpha value is -1.64. The maximum atomic E-state index is 11.6. The summed E-state index contributed by atoms with van der Waals surface area (Å²) in [5, 5.41) is 0. The molecule has 0 spiro atoms. The zero-order valence-electron chi connectivity index (χ0n) is 7.81. The van der Waals surface area contributed by atoms with Gasteiger partial charge in [0.1, 0.15) is 5.69 Å². The molecule has 0 aliphatic heterocycles. The molecule has 72 valence electrons. The Morgan fingerprint density at radius 2 is 2.29 bits per heavy atom. The molecule has 2 rings (SSSR count). The van der Waals surface area contributed by atoms with Crippen molar-refractivity contribution < 1.29 is 4.79 Å². The number of ketones is 1. The molecule has 14 heavy (non-hydrogen) atoms. The third-order valence-electron chi connectivity index (χ3n) is 2.26. The highest BCUT2D eigenvalue weighted by Gasteiger charge is 2.24. The second-order valence-corrected chi connectivity index (χ2v) is 3.50. The molecule has 0 saturated heterocycles. The number of pyridine rings is 1. The van der Waals surface area contributed by atoms with Gasteiger partial charge >= 0.3 is 0 Å². The molecule has 0 bridgehead atoms. The lowest BCUT2D eigenvalue weighted by Gasteiger charge is -1.97. The molecule has 1 heterocycles. The third-order valence-corrected chi connectivity index (χ3v) is 2.26. The van der Waals surface area contributed by atoms with Crippen LogP contribution in [0.5, 0.6) is 0 Å². The Morgan fingerprint density at radius 3 is 2.86 bits per heavy atom. The van der Waals surface area contributed by atoms with Gasteiger partial charge in [0.25, 0.3) is 0 Å². The Bertz CT molecular complexity index is 366. The van der Waals surface area contributed by atoms with Crippen molar-refractivity contribution in [3.63, 3.8) is 0 Å². The van der Waals surface area contributed by atoms with E-state index < -0.39 is 0 Å². The first-order valence-corrected chi connectivity index (χ1v) is 4.70. The van der Waals surface area contributed by atoms with Crippen LogP contribution in [0.1, 0.15) is 23.3 Å². The van der Waals surface area contributed by atoms with Gasteiger partial charge in [-0.1, -0.05) is 6.07 Å². The third kappa shape index (κ3) is 1.99. The van der Waals surface area contributed by atoms with E-state index >= 15 is 0 Å². The van der Waals surface area contributed by atoms with Crippen molar-refractivity contribution in [1.29, 1.82) is 0 Å². The molecule has 1 saturated carbocycles. The van der Waals surface area contributed by atoms with Gasteiger partial charge in [0.05, 0.1) is 0 Å². The highest BCUT2D eigenvalue weighted by molar-refractivity contribution is 6.03. The van der Waals surface area contributed by atoms with Gasteiger partial charge in [-0.05, 0) is 30.9 Å². The number of hydrogen-bond acceptors (Lipinski definition) is 3. The van der Waals surface area contributed by atoms with E-state index in [1.54, 1.807) is 24.4 Å². The Labute approximate surface area is 82.6 Å². The normalized spacial score (nSPS) is 16.7. The molecule has 2 N–H and O–H groups in total. The molecule has 0 amide bonds. The van der Waals surface area contributed by atoms with Gasteiger partial charge in [0.15, 0.2) is 0 Å². The lowest BCUT2D eigenvalue weighted by Crippen LogP contribution is -2.05. The van der Waals surface area contributed by atoms with E-state index in [9.17, 15) is 4.79 Å².